The van der Waals surface area contributed by atoms with Crippen molar-refractivity contribution in [2.24, 2.45) is 17.8 Å². The predicted molar refractivity (Wildman–Crippen MR) is 145 cm³/mol. The van der Waals surface area contributed by atoms with Crippen molar-refractivity contribution in [3.8, 4) is 0 Å². The Morgan fingerprint density at radius 3 is 2.23 bits per heavy atom. The summed E-state index contributed by atoms with van der Waals surface area (Å²) in [6.07, 6.45) is 6.35. The van der Waals surface area contributed by atoms with Crippen LogP contribution in [0.15, 0.2) is 42.5 Å². The smallest absolute Gasteiger partial charge is 0.163 e. The van der Waals surface area contributed by atoms with Crippen LogP contribution in [0.2, 0.25) is 0 Å². The molecule has 2 aromatic rings. The van der Waals surface area contributed by atoms with Crippen LogP contribution in [0.4, 0.5) is 0 Å². The van der Waals surface area contributed by atoms with E-state index in [1.54, 1.807) is 0 Å². The van der Waals surface area contributed by atoms with Crippen LogP contribution in [-0.4, -0.2) is 17.3 Å². The molecule has 0 amide bonds. The fraction of sp³-hybridized carbons (Fsp3) is 0.531. The van der Waals surface area contributed by atoms with E-state index in [2.05, 4.69) is 51.1 Å². The third-order valence-electron chi connectivity index (χ3n) is 7.29. The van der Waals surface area contributed by atoms with Crippen molar-refractivity contribution in [2.75, 3.05) is 0 Å². The maximum atomic E-state index is 12.7. The Kier molecular flexibility index (Phi) is 11.6. The number of carbonyl (C=O) groups is 3. The van der Waals surface area contributed by atoms with Gasteiger partial charge in [0.2, 0.25) is 0 Å². The minimum absolute atomic E-state index is 0.0460. The first-order valence-corrected chi connectivity index (χ1v) is 13.4. The van der Waals surface area contributed by atoms with E-state index >= 15 is 0 Å². The lowest BCUT2D eigenvalue weighted by Gasteiger charge is -2.31. The van der Waals surface area contributed by atoms with Crippen molar-refractivity contribution in [3.05, 3.63) is 70.3 Å². The molecule has 3 heteroatoms. The van der Waals surface area contributed by atoms with Crippen LogP contribution in [0.1, 0.15) is 98.8 Å². The summed E-state index contributed by atoms with van der Waals surface area (Å²) in [5.74, 6) is 0.770. The van der Waals surface area contributed by atoms with Crippen molar-refractivity contribution < 1.29 is 14.4 Å². The first kappa shape index (κ1) is 28.7. The number of hydrogen-bond donors (Lipinski definition) is 0. The van der Waals surface area contributed by atoms with Gasteiger partial charge in [-0.25, -0.2) is 0 Å². The van der Waals surface area contributed by atoms with E-state index in [0.29, 0.717) is 12.3 Å². The first-order valence-electron chi connectivity index (χ1n) is 13.4. The van der Waals surface area contributed by atoms with E-state index in [1.165, 1.54) is 18.1 Å². The molecule has 3 unspecified atom stereocenters. The van der Waals surface area contributed by atoms with Gasteiger partial charge in [0.15, 0.2) is 5.78 Å². The molecule has 1 aliphatic rings. The third kappa shape index (κ3) is 8.56. The number of hydrogen-bond acceptors (Lipinski definition) is 3. The highest BCUT2D eigenvalue weighted by Gasteiger charge is 2.32. The van der Waals surface area contributed by atoms with Crippen LogP contribution in [0.25, 0.3) is 0 Å². The number of ketones is 3. The maximum absolute atomic E-state index is 12.7. The van der Waals surface area contributed by atoms with Gasteiger partial charge in [0.05, 0.1) is 6.42 Å². The molecular formula is C32H44O3. The molecule has 0 aliphatic heterocycles. The molecule has 3 nitrogen and oxygen atoms in total. The van der Waals surface area contributed by atoms with E-state index in [4.69, 9.17) is 0 Å². The van der Waals surface area contributed by atoms with Gasteiger partial charge in [-0.05, 0) is 75.0 Å². The van der Waals surface area contributed by atoms with Crippen molar-refractivity contribution >= 4 is 17.3 Å². The highest BCUT2D eigenvalue weighted by atomic mass is 16.1. The molecule has 3 atom stereocenters. The van der Waals surface area contributed by atoms with E-state index in [-0.39, 0.29) is 35.6 Å². The molecule has 0 spiro atoms. The molecular weight excluding hydrogens is 432 g/mol. The summed E-state index contributed by atoms with van der Waals surface area (Å²) in [6.45, 7) is 11.9. The zero-order valence-corrected chi connectivity index (χ0v) is 22.7. The molecule has 0 radical (unpaired) electrons. The molecule has 35 heavy (non-hydrogen) atoms. The maximum Gasteiger partial charge on any atom is 0.163 e. The standard InChI is InChI=1S/C23H32O3.C9H12/c1-5-8-18(20(6-2)21(25)11-16(4)24)12-17-13-19-10-7-9-15(3)23(19)22(26)14-17;1-3-9-6-4-8(2)5-7-9/h7,9-10,17-18,20H,5-6,8,11-14H2,1-4H3;4-7H,3H2,1-2H3. The van der Waals surface area contributed by atoms with Gasteiger partial charge in [-0.1, -0.05) is 81.6 Å². The van der Waals surface area contributed by atoms with Gasteiger partial charge in [-0.3, -0.25) is 14.4 Å². The van der Waals surface area contributed by atoms with Gasteiger partial charge in [0.25, 0.3) is 0 Å². The number of rotatable bonds is 10. The number of Topliss-reactive ketones (excluding diaryl/α,β-unsaturated/α-hetero) is 3. The average Bonchev–Trinajstić information content (AvgIpc) is 2.80. The molecule has 0 aromatic heterocycles. The zero-order chi connectivity index (χ0) is 26.0. The van der Waals surface area contributed by atoms with Crippen LogP contribution in [0.3, 0.4) is 0 Å². The summed E-state index contributed by atoms with van der Waals surface area (Å²) in [7, 11) is 0. The van der Waals surface area contributed by atoms with Crippen molar-refractivity contribution in [1.29, 1.82) is 0 Å². The van der Waals surface area contributed by atoms with Gasteiger partial charge in [0.1, 0.15) is 11.6 Å². The number of aryl methyl sites for hydroxylation is 3. The van der Waals surface area contributed by atoms with Crippen LogP contribution in [0.5, 0.6) is 0 Å². The van der Waals surface area contributed by atoms with Gasteiger partial charge in [-0.15, -0.1) is 0 Å². The summed E-state index contributed by atoms with van der Waals surface area (Å²) >= 11 is 0. The Bertz CT molecular complexity index is 986. The predicted octanol–water partition coefficient (Wildman–Crippen LogP) is 7.68. The normalized spacial score (nSPS) is 16.5. The van der Waals surface area contributed by atoms with Gasteiger partial charge in [-0.2, -0.15) is 0 Å². The Labute approximate surface area is 212 Å². The second-order valence-electron chi connectivity index (χ2n) is 10.3. The summed E-state index contributed by atoms with van der Waals surface area (Å²) in [5, 5.41) is 0. The zero-order valence-electron chi connectivity index (χ0n) is 22.7. The molecule has 0 fully saturated rings. The third-order valence-corrected chi connectivity index (χ3v) is 7.29. The molecule has 0 saturated carbocycles. The molecule has 2 aromatic carbocycles. The van der Waals surface area contributed by atoms with Crippen LogP contribution in [0, 0.1) is 31.6 Å². The average molecular weight is 477 g/mol. The second-order valence-corrected chi connectivity index (χ2v) is 10.3. The highest BCUT2D eigenvalue weighted by molar-refractivity contribution is 6.00. The first-order chi connectivity index (χ1) is 16.7. The fourth-order valence-electron chi connectivity index (χ4n) is 5.52. The molecule has 1 aliphatic carbocycles. The second kappa shape index (κ2) is 14.1. The lowest BCUT2D eigenvalue weighted by molar-refractivity contribution is -0.129. The van der Waals surface area contributed by atoms with Crippen molar-refractivity contribution in [2.45, 2.75) is 92.9 Å². The van der Waals surface area contributed by atoms with E-state index in [9.17, 15) is 14.4 Å². The van der Waals surface area contributed by atoms with Crippen molar-refractivity contribution in [3.63, 3.8) is 0 Å². The molecule has 0 saturated heterocycles. The Morgan fingerprint density at radius 1 is 0.971 bits per heavy atom. The molecule has 3 rings (SSSR count). The SMILES string of the molecule is CCCC(CC1CC(=O)c2c(C)cccc2C1)C(CC)C(=O)CC(C)=O.CCc1ccc(C)cc1. The lowest BCUT2D eigenvalue weighted by atomic mass is 9.72. The summed E-state index contributed by atoms with van der Waals surface area (Å²) < 4.78 is 0. The molecule has 190 valence electrons. The largest absolute Gasteiger partial charge is 0.300 e. The Balaban J connectivity index is 0.000000402. The summed E-state index contributed by atoms with van der Waals surface area (Å²) in [4.78, 5) is 36.6. The molecule has 0 bridgehead atoms. The Hall–Kier alpha value is -2.55. The van der Waals surface area contributed by atoms with E-state index < -0.39 is 0 Å². The lowest BCUT2D eigenvalue weighted by Crippen LogP contribution is -2.29. The van der Waals surface area contributed by atoms with Crippen LogP contribution >= 0.6 is 0 Å². The van der Waals surface area contributed by atoms with Gasteiger partial charge < -0.3 is 0 Å². The number of fused-ring (bicyclic) bond motifs is 1. The molecule has 0 N–H and O–H groups in total. The molecule has 0 heterocycles. The van der Waals surface area contributed by atoms with Gasteiger partial charge >= 0.3 is 0 Å². The quantitative estimate of drug-likeness (QED) is 0.330. The highest BCUT2D eigenvalue weighted by Crippen LogP contribution is 2.36. The number of carbonyl (C=O) groups excluding carboxylic acids is 3. The minimum atomic E-state index is -0.0622. The topological polar surface area (TPSA) is 51.2 Å². The van der Waals surface area contributed by atoms with Gasteiger partial charge in [0, 0.05) is 17.9 Å². The monoisotopic (exact) mass is 476 g/mol. The summed E-state index contributed by atoms with van der Waals surface area (Å²) in [6, 6.07) is 14.8. The van der Waals surface area contributed by atoms with E-state index in [0.717, 1.165) is 55.2 Å². The van der Waals surface area contributed by atoms with Crippen molar-refractivity contribution in [1.82, 2.24) is 0 Å². The number of benzene rings is 2. The Morgan fingerprint density at radius 2 is 1.66 bits per heavy atom. The fourth-order valence-corrected chi connectivity index (χ4v) is 5.52. The van der Waals surface area contributed by atoms with Crippen LogP contribution < -0.4 is 0 Å². The van der Waals surface area contributed by atoms with Crippen LogP contribution in [-0.2, 0) is 22.4 Å². The van der Waals surface area contributed by atoms with E-state index in [1.807, 2.05) is 26.0 Å². The minimum Gasteiger partial charge on any atom is -0.300 e. The summed E-state index contributed by atoms with van der Waals surface area (Å²) in [5.41, 5.74) is 5.90.